The molecule has 10 atom stereocenters. The number of nitrogens with zero attached hydrogens (tertiary/aromatic N) is 4. The maximum Gasteiger partial charge on any atom is 0.325 e. The third kappa shape index (κ3) is 24.5. The van der Waals surface area contributed by atoms with E-state index in [1.165, 1.54) is 31.1 Å². The summed E-state index contributed by atoms with van der Waals surface area (Å²) in [5.41, 5.74) is 25.4. The molecule has 0 unspecified atom stereocenters. The molecule has 0 spiro atoms. The summed E-state index contributed by atoms with van der Waals surface area (Å²) in [7, 11) is 0. The first-order chi connectivity index (χ1) is 49.7. The molecule has 0 aliphatic carbocycles. The summed E-state index contributed by atoms with van der Waals surface area (Å²) >= 11 is 6.24. The molecular formula is C72H93ClN18O13. The van der Waals surface area contributed by atoms with Crippen molar-refractivity contribution in [2.75, 3.05) is 26.2 Å². The van der Waals surface area contributed by atoms with Crippen molar-refractivity contribution in [2.24, 2.45) is 38.8 Å². The number of aromatic amines is 1. The summed E-state index contributed by atoms with van der Waals surface area (Å²) < 4.78 is 0. The second-order valence-electron chi connectivity index (χ2n) is 26.0. The van der Waals surface area contributed by atoms with E-state index in [2.05, 4.69) is 67.8 Å². The van der Waals surface area contributed by atoms with E-state index in [4.69, 9.17) is 34.5 Å². The van der Waals surface area contributed by atoms with Crippen molar-refractivity contribution < 1.29 is 63.0 Å². The summed E-state index contributed by atoms with van der Waals surface area (Å²) in [6.07, 6.45) is 4.59. The van der Waals surface area contributed by atoms with Crippen LogP contribution in [0, 0.1) is 5.92 Å². The Balaban J connectivity index is 1.14. The zero-order valence-electron chi connectivity index (χ0n) is 58.4. The lowest BCUT2D eigenvalue weighted by Gasteiger charge is -2.31. The highest BCUT2D eigenvalue weighted by atomic mass is 35.5. The minimum absolute atomic E-state index is 0.000798. The first kappa shape index (κ1) is 80.1. The van der Waals surface area contributed by atoms with Crippen molar-refractivity contribution in [1.82, 2.24) is 62.7 Å². The molecule has 20 N–H and O–H groups in total. The fourth-order valence-corrected chi connectivity index (χ4v) is 12.2. The fourth-order valence-electron chi connectivity index (χ4n) is 12.0. The van der Waals surface area contributed by atoms with Gasteiger partial charge < -0.3 is 90.9 Å². The average molecular weight is 1450 g/mol. The number of guanidine groups is 2. The number of amides is 10. The number of nitrogens with one attached hydrogen (secondary N) is 10. The number of pyridine rings is 1. The molecule has 1 fully saturated rings. The number of fused-ring (bicyclic) bond motifs is 2. The first-order valence-corrected chi connectivity index (χ1v) is 34.6. The quantitative estimate of drug-likeness (QED) is 0.0140. The van der Waals surface area contributed by atoms with Crippen LogP contribution in [0.3, 0.4) is 0 Å². The molecule has 0 saturated carbocycles. The van der Waals surface area contributed by atoms with E-state index in [1.807, 2.05) is 42.5 Å². The van der Waals surface area contributed by atoms with E-state index in [1.54, 1.807) is 80.7 Å². The van der Waals surface area contributed by atoms with Gasteiger partial charge in [0.25, 0.3) is 0 Å². The maximum atomic E-state index is 15.1. The van der Waals surface area contributed by atoms with E-state index < -0.39 is 132 Å². The van der Waals surface area contributed by atoms with Crippen molar-refractivity contribution in [1.29, 1.82) is 0 Å². The Morgan fingerprint density at radius 2 is 1.09 bits per heavy atom. The van der Waals surface area contributed by atoms with Crippen molar-refractivity contribution in [3.63, 3.8) is 0 Å². The number of nitrogens with two attached hydrogens (primary N) is 4. The number of aliphatic hydroxyl groups is 1. The minimum atomic E-state index is -1.82. The number of aliphatic imine (C=N–C) groups is 2. The average Bonchev–Trinajstić information content (AvgIpc) is 1.59. The van der Waals surface area contributed by atoms with Gasteiger partial charge >= 0.3 is 5.97 Å². The predicted molar refractivity (Wildman–Crippen MR) is 390 cm³/mol. The lowest BCUT2D eigenvalue weighted by Crippen LogP contribution is -2.61. The monoisotopic (exact) mass is 1450 g/mol. The Kier molecular flexibility index (Phi) is 30.3. The van der Waals surface area contributed by atoms with Gasteiger partial charge in [0, 0.05) is 86.8 Å². The van der Waals surface area contributed by atoms with Crippen LogP contribution in [-0.4, -0.2) is 189 Å². The molecule has 0 bridgehead atoms. The SMILES string of the molecule is CC(=O)N[C@H](Cc1ccc2ccccc2c1)C(=O)N[C@H](Cc1ccc(Cl)cc1)C(=O)N[C@H](Cc1cccnc1)C(=O)N[C@@H](CO)C(=O)N[C@@H](CCCN=C(N)N)C(=O)N[C@H](Cc1c[nH]c2ccccc12)C(=O)N[C@@H](CC(C)C)C(=O)N[C@@H](CCCN=C(N)N)C(=O)N1CCC[C@H]1C(=O)N[C@H](C)C(=O)O. The number of para-hydroxylation sites is 1. The van der Waals surface area contributed by atoms with Crippen molar-refractivity contribution in [3.05, 3.63) is 149 Å². The Morgan fingerprint density at radius 1 is 0.577 bits per heavy atom. The van der Waals surface area contributed by atoms with Crippen LogP contribution < -0.4 is 70.8 Å². The fraction of sp³-hybridized carbons (Fsp3) is 0.417. The van der Waals surface area contributed by atoms with E-state index in [0.29, 0.717) is 44.6 Å². The Hall–Kier alpha value is -11.2. The van der Waals surface area contributed by atoms with Gasteiger partial charge in [-0.2, -0.15) is 0 Å². The number of aliphatic hydroxyl groups excluding tert-OH is 1. The topological polar surface area (TPSA) is 497 Å². The Labute approximate surface area is 606 Å². The number of carboxylic acids is 1. The highest BCUT2D eigenvalue weighted by Gasteiger charge is 2.40. The zero-order valence-corrected chi connectivity index (χ0v) is 59.1. The number of carbonyl (C=O) groups is 11. The molecule has 2 aromatic heterocycles. The standard InChI is InChI=1S/C72H93ClN18O13/c1-40(2)31-54(62(95)85-53(19-11-29-80-72(76)77)69(102)91-30-12-20-60(91)68(101)82-41(3)70(103)104)86-66(99)58(36-48-38-81-51-17-8-7-16-50(48)51)89-61(94)52(18-10-28-79-71(74)75)84-67(100)59(39-92)90-65(98)57(35-45-13-9-27-78-37-45)88-64(97)56(33-43-22-25-49(73)26-23-43)87-63(96)55(83-42(4)93)34-44-21-24-46-14-5-6-15-47(46)32-44/h5-9,13-17,21-27,32,37-38,40-41,52-60,81,92H,10-12,18-20,28-31,33-36,39H2,1-4H3,(H,82,101)(H,83,93)(H,84,100)(H,85,95)(H,86,99)(H,87,96)(H,88,97)(H,89,94)(H,90,98)(H,103,104)(H4,74,75,79)(H4,76,77,80)/t41-,52+,53+,54+,55-,56-,57-,58-,59+,60+/m1/s1. The van der Waals surface area contributed by atoms with Gasteiger partial charge in [-0.25, -0.2) is 0 Å². The van der Waals surface area contributed by atoms with Gasteiger partial charge in [-0.3, -0.25) is 67.7 Å². The molecule has 556 valence electrons. The van der Waals surface area contributed by atoms with Gasteiger partial charge in [-0.05, 0) is 115 Å². The molecule has 3 heterocycles. The first-order valence-electron chi connectivity index (χ1n) is 34.3. The van der Waals surface area contributed by atoms with Crippen LogP contribution in [0.1, 0.15) is 94.9 Å². The summed E-state index contributed by atoms with van der Waals surface area (Å²) in [6.45, 7) is 5.17. The van der Waals surface area contributed by atoms with Crippen molar-refractivity contribution in [3.8, 4) is 0 Å². The molecule has 1 aliphatic rings. The molecule has 10 amide bonds. The number of rotatable bonds is 38. The maximum absolute atomic E-state index is 15.1. The Morgan fingerprint density at radius 3 is 1.68 bits per heavy atom. The molecule has 31 nitrogen and oxygen atoms in total. The molecule has 7 rings (SSSR count). The number of halogens is 1. The number of hydrogen-bond acceptors (Lipinski definition) is 15. The predicted octanol–water partition coefficient (Wildman–Crippen LogP) is 0.264. The summed E-state index contributed by atoms with van der Waals surface area (Å²) in [5.74, 6) is -10.2. The zero-order chi connectivity index (χ0) is 75.6. The second-order valence-corrected chi connectivity index (χ2v) is 26.4. The number of H-pyrrole nitrogens is 1. The number of hydrogen-bond donors (Lipinski definition) is 16. The smallest absolute Gasteiger partial charge is 0.325 e. The largest absolute Gasteiger partial charge is 0.480 e. The number of likely N-dealkylation sites (tertiary alicyclic amines) is 1. The van der Waals surface area contributed by atoms with Crippen LogP contribution in [0.4, 0.5) is 0 Å². The van der Waals surface area contributed by atoms with Crippen LogP contribution in [0.2, 0.25) is 5.02 Å². The Bertz CT molecular complexity index is 4060. The summed E-state index contributed by atoms with van der Waals surface area (Å²) in [4.78, 5) is 172. The highest BCUT2D eigenvalue weighted by Crippen LogP contribution is 2.24. The number of benzene rings is 4. The van der Waals surface area contributed by atoms with Gasteiger partial charge in [0.05, 0.1) is 6.61 Å². The molecule has 6 aromatic rings. The minimum Gasteiger partial charge on any atom is -0.480 e. The molecule has 1 aliphatic heterocycles. The van der Waals surface area contributed by atoms with Crippen LogP contribution in [0.15, 0.2) is 132 Å². The molecule has 104 heavy (non-hydrogen) atoms. The van der Waals surface area contributed by atoms with E-state index in [0.717, 1.165) is 10.8 Å². The normalized spacial score (nSPS) is 15.2. The third-order valence-corrected chi connectivity index (χ3v) is 17.6. The van der Waals surface area contributed by atoms with Crippen molar-refractivity contribution in [2.45, 2.75) is 159 Å². The summed E-state index contributed by atoms with van der Waals surface area (Å²) in [6, 6.07) is 16.0. The number of carboxylic acid groups (broad SMARTS) is 1. The molecule has 4 aromatic carbocycles. The lowest BCUT2D eigenvalue weighted by atomic mass is 9.99. The van der Waals surface area contributed by atoms with Crippen molar-refractivity contribution >= 4 is 110 Å². The molecule has 1 saturated heterocycles. The van der Waals surface area contributed by atoms with Crippen LogP contribution in [0.5, 0.6) is 0 Å². The van der Waals surface area contributed by atoms with Crippen LogP contribution >= 0.6 is 11.6 Å². The van der Waals surface area contributed by atoms with Gasteiger partial charge in [0.2, 0.25) is 59.1 Å². The molecule has 0 radical (unpaired) electrons. The highest BCUT2D eigenvalue weighted by molar-refractivity contribution is 6.30. The molecular weight excluding hydrogens is 1360 g/mol. The second kappa shape index (κ2) is 39.3. The van der Waals surface area contributed by atoms with Gasteiger partial charge in [-0.15, -0.1) is 0 Å². The van der Waals surface area contributed by atoms with Gasteiger partial charge in [0.15, 0.2) is 11.9 Å². The number of aromatic nitrogens is 2. The van der Waals surface area contributed by atoms with Gasteiger partial charge in [0.1, 0.15) is 60.4 Å². The van der Waals surface area contributed by atoms with E-state index in [9.17, 15) is 53.4 Å². The number of carbonyl (C=O) groups excluding carboxylic acids is 10. The van der Waals surface area contributed by atoms with E-state index in [-0.39, 0.29) is 102 Å². The lowest BCUT2D eigenvalue weighted by molar-refractivity contribution is -0.144. The van der Waals surface area contributed by atoms with Crippen LogP contribution in [0.25, 0.3) is 21.7 Å². The molecule has 32 heteroatoms. The van der Waals surface area contributed by atoms with Gasteiger partial charge in [-0.1, -0.05) is 104 Å². The van der Waals surface area contributed by atoms with E-state index >= 15 is 9.59 Å². The van der Waals surface area contributed by atoms with Crippen LogP contribution in [-0.2, 0) is 78.4 Å². The summed E-state index contributed by atoms with van der Waals surface area (Å²) in [5, 5.41) is 47.4. The third-order valence-electron chi connectivity index (χ3n) is 17.3. The number of aliphatic carboxylic acids is 1.